The highest BCUT2D eigenvalue weighted by Gasteiger charge is 2.11. The van der Waals surface area contributed by atoms with Crippen molar-refractivity contribution in [3.05, 3.63) is 35.4 Å². The molecule has 0 radical (unpaired) electrons. The molecular weight excluding hydrogens is 252 g/mol. The predicted molar refractivity (Wildman–Crippen MR) is 79.4 cm³/mol. The highest BCUT2D eigenvalue weighted by molar-refractivity contribution is 5.75. The van der Waals surface area contributed by atoms with Crippen LogP contribution in [0.5, 0.6) is 0 Å². The van der Waals surface area contributed by atoms with Crippen molar-refractivity contribution < 1.29 is 9.53 Å². The number of carbonyl (C=O) groups is 1. The molecule has 0 saturated carbocycles. The Bertz CT molecular complexity index is 425. The van der Waals surface area contributed by atoms with Gasteiger partial charge in [0.15, 0.2) is 0 Å². The van der Waals surface area contributed by atoms with Crippen LogP contribution in [0.2, 0.25) is 0 Å². The minimum atomic E-state index is 0.0693. The Hall–Kier alpha value is -1.39. The lowest BCUT2D eigenvalue weighted by Crippen LogP contribution is -2.35. The molecular formula is C16H24N2O2. The van der Waals surface area contributed by atoms with Gasteiger partial charge >= 0.3 is 0 Å². The smallest absolute Gasteiger partial charge is 0.220 e. The molecule has 1 aliphatic heterocycles. The summed E-state index contributed by atoms with van der Waals surface area (Å²) in [7, 11) is 0. The fourth-order valence-electron chi connectivity index (χ4n) is 2.36. The van der Waals surface area contributed by atoms with Gasteiger partial charge in [-0.3, -0.25) is 9.69 Å². The summed E-state index contributed by atoms with van der Waals surface area (Å²) < 4.78 is 5.35. The summed E-state index contributed by atoms with van der Waals surface area (Å²) >= 11 is 0. The molecule has 1 aromatic rings. The van der Waals surface area contributed by atoms with Crippen LogP contribution in [0.15, 0.2) is 24.3 Å². The summed E-state index contributed by atoms with van der Waals surface area (Å²) in [5, 5.41) is 2.98. The Morgan fingerprint density at radius 3 is 2.55 bits per heavy atom. The zero-order chi connectivity index (χ0) is 14.4. The molecule has 0 unspecified atom stereocenters. The third-order valence-corrected chi connectivity index (χ3v) is 3.69. The van der Waals surface area contributed by atoms with Gasteiger partial charge in [0.25, 0.3) is 0 Å². The lowest BCUT2D eigenvalue weighted by Gasteiger charge is -2.26. The van der Waals surface area contributed by atoms with Crippen molar-refractivity contribution in [3.8, 4) is 0 Å². The first-order valence-electron chi connectivity index (χ1n) is 7.37. The van der Waals surface area contributed by atoms with Crippen LogP contribution in [-0.4, -0.2) is 37.1 Å². The third kappa shape index (κ3) is 4.32. The summed E-state index contributed by atoms with van der Waals surface area (Å²) in [6, 6.07) is 8.59. The topological polar surface area (TPSA) is 41.6 Å². The lowest BCUT2D eigenvalue weighted by atomic mass is 10.1. The fraction of sp³-hybridized carbons (Fsp3) is 0.562. The Morgan fingerprint density at radius 1 is 1.30 bits per heavy atom. The van der Waals surface area contributed by atoms with E-state index in [2.05, 4.69) is 34.5 Å². The molecule has 0 aromatic heterocycles. The second-order valence-electron chi connectivity index (χ2n) is 5.27. The number of benzene rings is 1. The van der Waals surface area contributed by atoms with Crippen LogP contribution in [0.3, 0.4) is 0 Å². The average molecular weight is 276 g/mol. The molecule has 1 fully saturated rings. The number of nitrogens with zero attached hydrogens (tertiary/aromatic N) is 1. The molecule has 0 spiro atoms. The molecule has 1 amide bonds. The van der Waals surface area contributed by atoms with E-state index in [9.17, 15) is 4.79 Å². The van der Waals surface area contributed by atoms with E-state index in [-0.39, 0.29) is 11.9 Å². The Kier molecular flexibility index (Phi) is 5.56. The van der Waals surface area contributed by atoms with Crippen molar-refractivity contribution in [1.82, 2.24) is 10.2 Å². The molecule has 2 rings (SSSR count). The van der Waals surface area contributed by atoms with Crippen LogP contribution in [0.25, 0.3) is 0 Å². The van der Waals surface area contributed by atoms with Crippen LogP contribution in [0.4, 0.5) is 0 Å². The molecule has 0 aliphatic carbocycles. The molecule has 1 aromatic carbocycles. The number of rotatable bonds is 5. The lowest BCUT2D eigenvalue weighted by molar-refractivity contribution is -0.121. The number of hydrogen-bond acceptors (Lipinski definition) is 3. The van der Waals surface area contributed by atoms with Crippen LogP contribution in [0, 0.1) is 0 Å². The van der Waals surface area contributed by atoms with Crippen LogP contribution >= 0.6 is 0 Å². The molecule has 1 saturated heterocycles. The predicted octanol–water partition coefficient (Wildman–Crippen LogP) is 2.11. The van der Waals surface area contributed by atoms with Crippen molar-refractivity contribution in [3.63, 3.8) is 0 Å². The minimum absolute atomic E-state index is 0.0693. The van der Waals surface area contributed by atoms with Crippen molar-refractivity contribution >= 4 is 5.91 Å². The molecule has 110 valence electrons. The van der Waals surface area contributed by atoms with Gasteiger partial charge in [-0.15, -0.1) is 0 Å². The van der Waals surface area contributed by atoms with Gasteiger partial charge in [0, 0.05) is 26.1 Å². The highest BCUT2D eigenvalue weighted by atomic mass is 16.5. The van der Waals surface area contributed by atoms with Crippen LogP contribution in [-0.2, 0) is 16.1 Å². The molecule has 4 nitrogen and oxygen atoms in total. The van der Waals surface area contributed by atoms with E-state index in [0.29, 0.717) is 6.42 Å². The van der Waals surface area contributed by atoms with Gasteiger partial charge in [-0.1, -0.05) is 31.2 Å². The van der Waals surface area contributed by atoms with Gasteiger partial charge in [0.1, 0.15) is 0 Å². The maximum atomic E-state index is 11.4. The first-order valence-corrected chi connectivity index (χ1v) is 7.37. The van der Waals surface area contributed by atoms with E-state index in [1.54, 1.807) is 0 Å². The normalized spacial score (nSPS) is 17.7. The largest absolute Gasteiger partial charge is 0.379 e. The number of amides is 1. The Labute approximate surface area is 121 Å². The SMILES string of the molecule is CCC(=O)N[C@@H](C)c1ccc(CN2CCOCC2)cc1. The van der Waals surface area contributed by atoms with E-state index in [1.807, 2.05) is 13.8 Å². The number of nitrogens with one attached hydrogen (secondary N) is 1. The number of hydrogen-bond donors (Lipinski definition) is 1. The molecule has 1 heterocycles. The second kappa shape index (κ2) is 7.41. The van der Waals surface area contributed by atoms with Gasteiger partial charge < -0.3 is 10.1 Å². The first kappa shape index (κ1) is 15.0. The molecule has 0 bridgehead atoms. The van der Waals surface area contributed by atoms with Crippen LogP contribution < -0.4 is 5.32 Å². The standard InChI is InChI=1S/C16H24N2O2/c1-3-16(19)17-13(2)15-6-4-14(5-7-15)12-18-8-10-20-11-9-18/h4-7,13H,3,8-12H2,1-2H3,(H,17,19)/t13-/m0/s1. The van der Waals surface area contributed by atoms with E-state index in [0.717, 1.165) is 38.4 Å². The number of ether oxygens (including phenoxy) is 1. The Morgan fingerprint density at radius 2 is 1.95 bits per heavy atom. The quantitative estimate of drug-likeness (QED) is 0.895. The van der Waals surface area contributed by atoms with Gasteiger partial charge in [-0.05, 0) is 18.1 Å². The summed E-state index contributed by atoms with van der Waals surface area (Å²) in [4.78, 5) is 13.8. The molecule has 20 heavy (non-hydrogen) atoms. The van der Waals surface area contributed by atoms with E-state index in [1.165, 1.54) is 5.56 Å². The van der Waals surface area contributed by atoms with Crippen molar-refractivity contribution in [2.75, 3.05) is 26.3 Å². The zero-order valence-electron chi connectivity index (χ0n) is 12.4. The zero-order valence-corrected chi connectivity index (χ0v) is 12.4. The monoisotopic (exact) mass is 276 g/mol. The third-order valence-electron chi connectivity index (χ3n) is 3.69. The van der Waals surface area contributed by atoms with E-state index < -0.39 is 0 Å². The van der Waals surface area contributed by atoms with Crippen molar-refractivity contribution in [1.29, 1.82) is 0 Å². The molecule has 4 heteroatoms. The van der Waals surface area contributed by atoms with Crippen molar-refractivity contribution in [2.45, 2.75) is 32.9 Å². The summed E-state index contributed by atoms with van der Waals surface area (Å²) in [6.45, 7) is 8.53. The Balaban J connectivity index is 1.90. The maximum absolute atomic E-state index is 11.4. The van der Waals surface area contributed by atoms with Crippen LogP contribution in [0.1, 0.15) is 37.4 Å². The highest BCUT2D eigenvalue weighted by Crippen LogP contribution is 2.15. The molecule has 1 atom stereocenters. The maximum Gasteiger partial charge on any atom is 0.220 e. The van der Waals surface area contributed by atoms with E-state index in [4.69, 9.17) is 4.74 Å². The van der Waals surface area contributed by atoms with Gasteiger partial charge in [0.05, 0.1) is 19.3 Å². The number of morpholine rings is 1. The van der Waals surface area contributed by atoms with E-state index >= 15 is 0 Å². The summed E-state index contributed by atoms with van der Waals surface area (Å²) in [6.07, 6.45) is 0.527. The number of carbonyl (C=O) groups excluding carboxylic acids is 1. The molecule has 1 N–H and O–H groups in total. The summed E-state index contributed by atoms with van der Waals surface area (Å²) in [5.74, 6) is 0.0925. The fourth-order valence-corrected chi connectivity index (χ4v) is 2.36. The van der Waals surface area contributed by atoms with Gasteiger partial charge in [0.2, 0.25) is 5.91 Å². The minimum Gasteiger partial charge on any atom is -0.379 e. The average Bonchev–Trinajstić information content (AvgIpc) is 2.49. The molecule has 1 aliphatic rings. The summed E-state index contributed by atoms with van der Waals surface area (Å²) in [5.41, 5.74) is 2.46. The van der Waals surface area contributed by atoms with Crippen molar-refractivity contribution in [2.24, 2.45) is 0 Å². The van der Waals surface area contributed by atoms with Gasteiger partial charge in [-0.25, -0.2) is 0 Å². The second-order valence-corrected chi connectivity index (χ2v) is 5.27. The first-order chi connectivity index (χ1) is 9.69. The van der Waals surface area contributed by atoms with Gasteiger partial charge in [-0.2, -0.15) is 0 Å².